The maximum atomic E-state index is 13.4. The van der Waals surface area contributed by atoms with Gasteiger partial charge in [-0.3, -0.25) is 25.6 Å². The highest BCUT2D eigenvalue weighted by Crippen LogP contribution is 2.37. The number of carbonyl (C=O) groups excluding carboxylic acids is 1. The molecule has 9 atom stereocenters. The number of hydrogen-bond acceptors (Lipinski definition) is 9. The second-order valence-corrected chi connectivity index (χ2v) is 14.5. The lowest BCUT2D eigenvalue weighted by molar-refractivity contribution is -0.128. The fourth-order valence-corrected chi connectivity index (χ4v) is 8.22. The molecule has 6 rings (SSSR count). The molecule has 0 aromatic carbocycles. The molecule has 3 heterocycles. The van der Waals surface area contributed by atoms with Gasteiger partial charge in [0.05, 0.1) is 44.0 Å². The minimum atomic E-state index is -0.536. The van der Waals surface area contributed by atoms with Gasteiger partial charge >= 0.3 is 0 Å². The number of amides is 1. The number of nitrogens with zero attached hydrogens (tertiary/aromatic N) is 2. The number of β-amino-alcohol motifs (C(OH)–C–C–N with tert-alkyl or cyclic N) is 1. The second kappa shape index (κ2) is 14.5. The van der Waals surface area contributed by atoms with E-state index in [9.17, 15) is 9.90 Å². The number of rotatable bonds is 12. The van der Waals surface area contributed by atoms with Crippen LogP contribution in [-0.2, 0) is 14.3 Å². The van der Waals surface area contributed by atoms with E-state index >= 15 is 0 Å². The summed E-state index contributed by atoms with van der Waals surface area (Å²) in [5, 5.41) is 25.0. The van der Waals surface area contributed by atoms with Crippen LogP contribution < -0.4 is 21.3 Å². The summed E-state index contributed by atoms with van der Waals surface area (Å²) in [6.45, 7) is 6.52. The van der Waals surface area contributed by atoms with E-state index in [0.717, 1.165) is 38.8 Å². The lowest BCUT2D eigenvalue weighted by Crippen LogP contribution is -2.63. The van der Waals surface area contributed by atoms with Gasteiger partial charge in [0.15, 0.2) is 0 Å². The SMILES string of the molecule is CC1NCOC1COC1CCC2CN(C[C@@H](O)CNC(=O)C3CC(NC4CCC4)NC(N(C)C4CCC4)C3)CCC2C1. The van der Waals surface area contributed by atoms with Crippen molar-refractivity contribution in [1.29, 1.82) is 0 Å². The first-order valence-corrected chi connectivity index (χ1v) is 17.3. The highest BCUT2D eigenvalue weighted by molar-refractivity contribution is 5.78. The van der Waals surface area contributed by atoms with Crippen LogP contribution in [0, 0.1) is 17.8 Å². The smallest absolute Gasteiger partial charge is 0.223 e. The minimum absolute atomic E-state index is 0.0311. The Bertz CT molecular complexity index is 874. The summed E-state index contributed by atoms with van der Waals surface area (Å²) in [6, 6.07) is 1.58. The Morgan fingerprint density at radius 3 is 2.64 bits per heavy atom. The number of nitrogens with one attached hydrogen (secondary N) is 4. The van der Waals surface area contributed by atoms with Crippen molar-refractivity contribution in [2.75, 3.05) is 46.6 Å². The van der Waals surface area contributed by atoms with Crippen molar-refractivity contribution in [1.82, 2.24) is 31.1 Å². The predicted molar refractivity (Wildman–Crippen MR) is 163 cm³/mol. The molecule has 240 valence electrons. The number of aliphatic hydroxyl groups is 1. The van der Waals surface area contributed by atoms with E-state index in [-0.39, 0.29) is 30.3 Å². The first-order chi connectivity index (χ1) is 20.4. The molecule has 3 saturated carbocycles. The molecule has 6 aliphatic rings. The number of aliphatic hydroxyl groups excluding tert-OH is 1. The molecular weight excluding hydrogens is 532 g/mol. The number of piperidine rings is 2. The highest BCUT2D eigenvalue weighted by Gasteiger charge is 2.39. The van der Waals surface area contributed by atoms with Gasteiger partial charge in [0.25, 0.3) is 0 Å². The van der Waals surface area contributed by atoms with Gasteiger partial charge in [0.1, 0.15) is 0 Å². The van der Waals surface area contributed by atoms with Crippen LogP contribution in [0.4, 0.5) is 0 Å². The number of likely N-dealkylation sites (tertiary alicyclic amines) is 1. The van der Waals surface area contributed by atoms with E-state index < -0.39 is 6.10 Å². The molecule has 10 heteroatoms. The monoisotopic (exact) mass is 590 g/mol. The van der Waals surface area contributed by atoms with Crippen LogP contribution in [0.1, 0.15) is 84.0 Å². The van der Waals surface area contributed by atoms with Crippen molar-refractivity contribution < 1.29 is 19.4 Å². The molecule has 1 amide bonds. The number of hydrogen-bond donors (Lipinski definition) is 5. The van der Waals surface area contributed by atoms with Gasteiger partial charge < -0.3 is 24.8 Å². The highest BCUT2D eigenvalue weighted by atomic mass is 16.5. The molecular formula is C32H58N6O4. The summed E-state index contributed by atoms with van der Waals surface area (Å²) in [7, 11) is 2.22. The quantitative estimate of drug-likeness (QED) is 0.232. The van der Waals surface area contributed by atoms with Crippen LogP contribution in [0.25, 0.3) is 0 Å². The van der Waals surface area contributed by atoms with Gasteiger partial charge in [-0.05, 0) is 96.6 Å². The first-order valence-electron chi connectivity index (χ1n) is 17.3. The zero-order chi connectivity index (χ0) is 29.1. The van der Waals surface area contributed by atoms with Crippen LogP contribution in [0.2, 0.25) is 0 Å². The zero-order valence-corrected chi connectivity index (χ0v) is 26.1. The third-order valence-electron chi connectivity index (χ3n) is 11.6. The molecule has 10 nitrogen and oxygen atoms in total. The molecule has 3 aliphatic heterocycles. The maximum absolute atomic E-state index is 13.4. The van der Waals surface area contributed by atoms with Gasteiger partial charge in [0, 0.05) is 43.7 Å². The Balaban J connectivity index is 0.914. The van der Waals surface area contributed by atoms with Crippen LogP contribution in [0.15, 0.2) is 0 Å². The molecule has 3 saturated heterocycles. The van der Waals surface area contributed by atoms with E-state index in [2.05, 4.69) is 45.0 Å². The topological polar surface area (TPSA) is 110 Å². The number of carbonyl (C=O) groups is 1. The molecule has 0 aromatic heterocycles. The van der Waals surface area contributed by atoms with Crippen molar-refractivity contribution in [2.45, 2.75) is 133 Å². The molecule has 5 N–H and O–H groups in total. The van der Waals surface area contributed by atoms with E-state index in [1.807, 2.05) is 0 Å². The number of ether oxygens (including phenoxy) is 2. The molecule has 0 aromatic rings. The van der Waals surface area contributed by atoms with Crippen LogP contribution >= 0.6 is 0 Å². The zero-order valence-electron chi connectivity index (χ0n) is 26.1. The van der Waals surface area contributed by atoms with Crippen molar-refractivity contribution >= 4 is 5.91 Å². The molecule has 3 aliphatic carbocycles. The summed E-state index contributed by atoms with van der Waals surface area (Å²) in [6.07, 6.45) is 14.3. The molecule has 8 unspecified atom stereocenters. The lowest BCUT2D eigenvalue weighted by Gasteiger charge is -2.47. The van der Waals surface area contributed by atoms with Crippen molar-refractivity contribution in [2.24, 2.45) is 17.8 Å². The van der Waals surface area contributed by atoms with Gasteiger partial charge in [0.2, 0.25) is 5.91 Å². The summed E-state index contributed by atoms with van der Waals surface area (Å²) < 4.78 is 12.0. The molecule has 0 radical (unpaired) electrons. The van der Waals surface area contributed by atoms with Crippen molar-refractivity contribution in [3.05, 3.63) is 0 Å². The fraction of sp³-hybridized carbons (Fsp3) is 0.969. The predicted octanol–water partition coefficient (Wildman–Crippen LogP) is 1.58. The van der Waals surface area contributed by atoms with Crippen LogP contribution in [0.5, 0.6) is 0 Å². The summed E-state index contributed by atoms with van der Waals surface area (Å²) in [5.41, 5.74) is 0. The van der Waals surface area contributed by atoms with Crippen LogP contribution in [-0.4, -0.2) is 116 Å². The Morgan fingerprint density at radius 1 is 1.10 bits per heavy atom. The summed E-state index contributed by atoms with van der Waals surface area (Å²) >= 11 is 0. The van der Waals surface area contributed by atoms with E-state index in [1.165, 1.54) is 51.4 Å². The average molecular weight is 591 g/mol. The Kier molecular flexibility index (Phi) is 10.8. The maximum Gasteiger partial charge on any atom is 0.223 e. The Hall–Kier alpha value is -0.850. The van der Waals surface area contributed by atoms with Gasteiger partial charge in [-0.2, -0.15) is 0 Å². The minimum Gasteiger partial charge on any atom is -0.390 e. The third-order valence-corrected chi connectivity index (χ3v) is 11.6. The van der Waals surface area contributed by atoms with Gasteiger partial charge in [-0.25, -0.2) is 0 Å². The summed E-state index contributed by atoms with van der Waals surface area (Å²) in [4.78, 5) is 18.3. The van der Waals surface area contributed by atoms with E-state index in [4.69, 9.17) is 9.47 Å². The van der Waals surface area contributed by atoms with Crippen molar-refractivity contribution in [3.8, 4) is 0 Å². The number of fused-ring (bicyclic) bond motifs is 1. The Morgan fingerprint density at radius 2 is 1.93 bits per heavy atom. The average Bonchev–Trinajstić information content (AvgIpc) is 3.35. The first kappa shape index (κ1) is 31.1. The molecule has 42 heavy (non-hydrogen) atoms. The van der Waals surface area contributed by atoms with Gasteiger partial charge in [-0.15, -0.1) is 0 Å². The van der Waals surface area contributed by atoms with E-state index in [0.29, 0.717) is 62.5 Å². The summed E-state index contributed by atoms with van der Waals surface area (Å²) in [5.74, 6) is 1.47. The van der Waals surface area contributed by atoms with E-state index in [1.54, 1.807) is 0 Å². The standard InChI is InChI=1S/C32H58N6O4/c1-21-29(42-20-34-21)19-41-28-10-9-23-17-38(12-11-22(23)13-28)18-27(39)16-33-32(40)24-14-30(35-25-5-3-6-25)36-31(15-24)37(2)26-7-4-8-26/h21-31,34-36,39H,3-20H2,1-2H3,(H,33,40)/t21?,22?,23?,24?,27-,28?,29?,30?,31?/m0/s1. The van der Waals surface area contributed by atoms with Crippen LogP contribution in [0.3, 0.4) is 0 Å². The molecule has 0 bridgehead atoms. The fourth-order valence-electron chi connectivity index (χ4n) is 8.22. The lowest BCUT2D eigenvalue weighted by atomic mass is 9.74. The molecule has 6 fully saturated rings. The third kappa shape index (κ3) is 7.86. The normalized spacial score (nSPS) is 39.0. The largest absolute Gasteiger partial charge is 0.390 e. The Labute approximate surface area is 253 Å². The van der Waals surface area contributed by atoms with Gasteiger partial charge in [-0.1, -0.05) is 12.8 Å². The second-order valence-electron chi connectivity index (χ2n) is 14.5. The molecule has 0 spiro atoms. The van der Waals surface area contributed by atoms with Crippen molar-refractivity contribution in [3.63, 3.8) is 0 Å².